The van der Waals surface area contributed by atoms with Crippen molar-refractivity contribution in [3.05, 3.63) is 49.3 Å². The third-order valence-corrected chi connectivity index (χ3v) is 4.15. The van der Waals surface area contributed by atoms with Crippen LogP contribution in [0.25, 0.3) is 10.9 Å². The first-order chi connectivity index (χ1) is 10.4. The molecule has 3 heterocycles. The maximum atomic E-state index is 4.56. The van der Waals surface area contributed by atoms with Gasteiger partial charge in [0.25, 0.3) is 0 Å². The average Bonchev–Trinajstić information content (AvgIpc) is 3.19. The Hall–Kier alpha value is -2.43. The highest BCUT2D eigenvalue weighted by Gasteiger charge is 2.27. The van der Waals surface area contributed by atoms with E-state index in [0.29, 0.717) is 6.04 Å². The summed E-state index contributed by atoms with van der Waals surface area (Å²) in [7, 11) is 0. The van der Waals surface area contributed by atoms with Crippen LogP contribution in [0.2, 0.25) is 0 Å². The molecule has 1 fully saturated rings. The number of aromatic nitrogens is 4. The minimum atomic E-state index is 0.470. The van der Waals surface area contributed by atoms with E-state index in [9.17, 15) is 0 Å². The smallest absolute Gasteiger partial charge is 0.140 e. The van der Waals surface area contributed by atoms with E-state index < -0.39 is 0 Å². The first-order valence-corrected chi connectivity index (χ1v) is 7.34. The Morgan fingerprint density at radius 3 is 3.05 bits per heavy atom. The third-order valence-electron chi connectivity index (χ3n) is 4.15. The summed E-state index contributed by atoms with van der Waals surface area (Å²) in [4.78, 5) is 15.5. The highest BCUT2D eigenvalue weighted by molar-refractivity contribution is 5.89. The summed E-state index contributed by atoms with van der Waals surface area (Å²) in [5.41, 5.74) is 1.01. The lowest BCUT2D eigenvalue weighted by Gasteiger charge is -2.26. The van der Waals surface area contributed by atoms with E-state index in [4.69, 9.17) is 0 Å². The van der Waals surface area contributed by atoms with Gasteiger partial charge in [-0.25, -0.2) is 15.0 Å². The van der Waals surface area contributed by atoms with E-state index >= 15 is 0 Å². The molecule has 2 aromatic heterocycles. The summed E-state index contributed by atoms with van der Waals surface area (Å²) in [6, 6.07) is 8.69. The fraction of sp³-hybridized carbons (Fsp3) is 0.312. The Kier molecular flexibility index (Phi) is 3.03. The Morgan fingerprint density at radius 2 is 2.14 bits per heavy atom. The van der Waals surface area contributed by atoms with Crippen LogP contribution in [0.1, 0.15) is 12.8 Å². The number of para-hydroxylation sites is 1. The zero-order valence-corrected chi connectivity index (χ0v) is 11.8. The van der Waals surface area contributed by atoms with Crippen LogP contribution < -0.4 is 4.90 Å². The Bertz CT molecular complexity index is 732. The molecule has 4 rings (SSSR count). The average molecular weight is 279 g/mol. The standard InChI is InChI=1S/C16H17N5/c1-2-6-15-14(5-1)16(19-11-18-15)21-8-3-4-13(21)10-20-9-7-17-12-20/h1-2,5-7,9,11-13H,3-4,8,10H2. The van der Waals surface area contributed by atoms with Crippen molar-refractivity contribution >= 4 is 16.7 Å². The van der Waals surface area contributed by atoms with Gasteiger partial charge in [-0.05, 0) is 25.0 Å². The van der Waals surface area contributed by atoms with Crippen LogP contribution in [0, 0.1) is 0 Å². The van der Waals surface area contributed by atoms with Gasteiger partial charge in [-0.2, -0.15) is 0 Å². The van der Waals surface area contributed by atoms with Gasteiger partial charge in [0, 0.05) is 36.9 Å². The van der Waals surface area contributed by atoms with Gasteiger partial charge in [0.2, 0.25) is 0 Å². The molecule has 1 atom stereocenters. The number of rotatable bonds is 3. The highest BCUT2D eigenvalue weighted by Crippen LogP contribution is 2.29. The van der Waals surface area contributed by atoms with Crippen molar-refractivity contribution in [2.45, 2.75) is 25.4 Å². The second-order valence-corrected chi connectivity index (χ2v) is 5.46. The highest BCUT2D eigenvalue weighted by atomic mass is 15.3. The molecule has 1 saturated heterocycles. The van der Waals surface area contributed by atoms with Gasteiger partial charge in [0.15, 0.2) is 0 Å². The summed E-state index contributed by atoms with van der Waals surface area (Å²) >= 11 is 0. The van der Waals surface area contributed by atoms with Gasteiger partial charge in [-0.3, -0.25) is 0 Å². The topological polar surface area (TPSA) is 46.8 Å². The molecular weight excluding hydrogens is 262 g/mol. The molecule has 0 aliphatic carbocycles. The van der Waals surface area contributed by atoms with Crippen LogP contribution in [-0.4, -0.2) is 32.1 Å². The molecule has 1 aliphatic heterocycles. The minimum Gasteiger partial charge on any atom is -0.351 e. The lowest BCUT2D eigenvalue weighted by molar-refractivity contribution is 0.548. The second kappa shape index (κ2) is 5.16. The minimum absolute atomic E-state index is 0.470. The number of hydrogen-bond acceptors (Lipinski definition) is 4. The number of benzene rings is 1. The van der Waals surface area contributed by atoms with E-state index in [2.05, 4.69) is 36.6 Å². The number of nitrogens with zero attached hydrogens (tertiary/aromatic N) is 5. The summed E-state index contributed by atoms with van der Waals surface area (Å²) < 4.78 is 2.15. The van der Waals surface area contributed by atoms with Crippen LogP contribution in [0.4, 0.5) is 5.82 Å². The molecule has 0 spiro atoms. The van der Waals surface area contributed by atoms with E-state index in [1.54, 1.807) is 6.33 Å². The predicted molar refractivity (Wildman–Crippen MR) is 82.1 cm³/mol. The molecule has 3 aromatic rings. The first-order valence-electron chi connectivity index (χ1n) is 7.34. The van der Waals surface area contributed by atoms with E-state index in [-0.39, 0.29) is 0 Å². The fourth-order valence-corrected chi connectivity index (χ4v) is 3.16. The van der Waals surface area contributed by atoms with Gasteiger partial charge in [0.1, 0.15) is 12.1 Å². The predicted octanol–water partition coefficient (Wildman–Crippen LogP) is 2.50. The Balaban J connectivity index is 1.70. The van der Waals surface area contributed by atoms with Crippen molar-refractivity contribution in [1.82, 2.24) is 19.5 Å². The van der Waals surface area contributed by atoms with Gasteiger partial charge in [0.05, 0.1) is 11.8 Å². The molecule has 5 nitrogen and oxygen atoms in total. The molecule has 0 bridgehead atoms. The summed E-state index contributed by atoms with van der Waals surface area (Å²) in [5.74, 6) is 1.06. The maximum Gasteiger partial charge on any atom is 0.140 e. The summed E-state index contributed by atoms with van der Waals surface area (Å²) in [5, 5.41) is 1.14. The molecule has 1 unspecified atom stereocenters. The Morgan fingerprint density at radius 1 is 1.19 bits per heavy atom. The fourth-order valence-electron chi connectivity index (χ4n) is 3.16. The van der Waals surface area contributed by atoms with Crippen molar-refractivity contribution < 1.29 is 0 Å². The number of fused-ring (bicyclic) bond motifs is 1. The van der Waals surface area contributed by atoms with Crippen molar-refractivity contribution in [1.29, 1.82) is 0 Å². The molecule has 0 saturated carbocycles. The number of imidazole rings is 1. The van der Waals surface area contributed by atoms with Gasteiger partial charge in [-0.15, -0.1) is 0 Å². The second-order valence-electron chi connectivity index (χ2n) is 5.46. The summed E-state index contributed by atoms with van der Waals surface area (Å²) in [6.45, 7) is 2.01. The quantitative estimate of drug-likeness (QED) is 0.739. The molecule has 5 heteroatoms. The molecule has 106 valence electrons. The molecule has 0 radical (unpaired) electrons. The zero-order chi connectivity index (χ0) is 14.1. The van der Waals surface area contributed by atoms with Crippen LogP contribution in [0.15, 0.2) is 49.3 Å². The van der Waals surface area contributed by atoms with Crippen LogP contribution in [0.5, 0.6) is 0 Å². The maximum absolute atomic E-state index is 4.56. The normalized spacial score (nSPS) is 18.5. The van der Waals surface area contributed by atoms with E-state index in [0.717, 1.165) is 29.8 Å². The molecule has 1 aromatic carbocycles. The largest absolute Gasteiger partial charge is 0.351 e. The van der Waals surface area contributed by atoms with Crippen molar-refractivity contribution in [3.63, 3.8) is 0 Å². The van der Waals surface area contributed by atoms with Crippen molar-refractivity contribution in [2.24, 2.45) is 0 Å². The van der Waals surface area contributed by atoms with Crippen LogP contribution in [0.3, 0.4) is 0 Å². The van der Waals surface area contributed by atoms with Gasteiger partial charge < -0.3 is 9.47 Å². The first kappa shape index (κ1) is 12.3. The molecule has 0 amide bonds. The van der Waals surface area contributed by atoms with E-state index in [1.807, 2.05) is 30.9 Å². The van der Waals surface area contributed by atoms with E-state index in [1.165, 1.54) is 12.8 Å². The third kappa shape index (κ3) is 2.24. The number of anilines is 1. The van der Waals surface area contributed by atoms with Gasteiger partial charge >= 0.3 is 0 Å². The molecule has 1 aliphatic rings. The zero-order valence-electron chi connectivity index (χ0n) is 11.8. The molecule has 0 N–H and O–H groups in total. The lowest BCUT2D eigenvalue weighted by Crippen LogP contribution is -2.33. The van der Waals surface area contributed by atoms with Crippen LogP contribution in [-0.2, 0) is 6.54 Å². The SMILES string of the molecule is c1ccc2c(N3CCCC3Cn3ccnc3)ncnc2c1. The van der Waals surface area contributed by atoms with Crippen LogP contribution >= 0.6 is 0 Å². The monoisotopic (exact) mass is 279 g/mol. The lowest BCUT2D eigenvalue weighted by atomic mass is 10.2. The van der Waals surface area contributed by atoms with Gasteiger partial charge in [-0.1, -0.05) is 12.1 Å². The van der Waals surface area contributed by atoms with Crippen molar-refractivity contribution in [3.8, 4) is 0 Å². The molecular formula is C16H17N5. The summed E-state index contributed by atoms with van der Waals surface area (Å²) in [6.07, 6.45) is 9.81. The molecule has 21 heavy (non-hydrogen) atoms. The number of hydrogen-bond donors (Lipinski definition) is 0. The Labute approximate surface area is 123 Å². The van der Waals surface area contributed by atoms with Crippen molar-refractivity contribution in [2.75, 3.05) is 11.4 Å².